The maximum atomic E-state index is 12.5. The summed E-state index contributed by atoms with van der Waals surface area (Å²) < 4.78 is 6.02. The molecule has 0 saturated carbocycles. The fourth-order valence-corrected chi connectivity index (χ4v) is 3.54. The first-order chi connectivity index (χ1) is 12.9. The smallest absolute Gasteiger partial charge is 0.251 e. The van der Waals surface area contributed by atoms with Gasteiger partial charge in [0.2, 0.25) is 0 Å². The third kappa shape index (κ3) is 3.68. The number of carbonyl (C=O) groups excluding carboxylic acids is 1. The number of ether oxygens (including phenoxy) is 1. The molecule has 1 atom stereocenters. The predicted octanol–water partition coefficient (Wildman–Crippen LogP) is 4.87. The van der Waals surface area contributed by atoms with Crippen LogP contribution in [-0.4, -0.2) is 18.6 Å². The van der Waals surface area contributed by atoms with Gasteiger partial charge in [-0.1, -0.05) is 63.2 Å². The molecule has 138 valence electrons. The second-order valence-corrected chi connectivity index (χ2v) is 8.29. The fourth-order valence-electron chi connectivity index (χ4n) is 3.54. The van der Waals surface area contributed by atoms with Crippen LogP contribution in [0.25, 0.3) is 10.8 Å². The molecule has 1 aliphatic heterocycles. The van der Waals surface area contributed by atoms with Crippen LogP contribution in [0.3, 0.4) is 0 Å². The molecule has 0 aromatic heterocycles. The first-order valence-corrected chi connectivity index (χ1v) is 9.47. The number of hydrogen-bond donors (Lipinski definition) is 1. The summed E-state index contributed by atoms with van der Waals surface area (Å²) in [6, 6.07) is 20.3. The van der Waals surface area contributed by atoms with Crippen LogP contribution in [0.15, 0.2) is 60.7 Å². The van der Waals surface area contributed by atoms with Crippen molar-refractivity contribution < 1.29 is 9.53 Å². The minimum absolute atomic E-state index is 0.0142. The van der Waals surface area contributed by atoms with E-state index in [0.29, 0.717) is 12.1 Å². The van der Waals surface area contributed by atoms with E-state index in [9.17, 15) is 4.79 Å². The first-order valence-electron chi connectivity index (χ1n) is 9.47. The Hall–Kier alpha value is -2.81. The van der Waals surface area contributed by atoms with E-state index in [4.69, 9.17) is 4.74 Å². The van der Waals surface area contributed by atoms with Gasteiger partial charge in [-0.05, 0) is 45.5 Å². The number of amides is 1. The van der Waals surface area contributed by atoms with Crippen molar-refractivity contribution in [2.24, 2.45) is 0 Å². The van der Waals surface area contributed by atoms with Crippen molar-refractivity contribution in [1.82, 2.24) is 5.32 Å². The number of fused-ring (bicyclic) bond motifs is 2. The molecule has 0 fully saturated rings. The van der Waals surface area contributed by atoms with Crippen molar-refractivity contribution in [2.75, 3.05) is 6.54 Å². The highest BCUT2D eigenvalue weighted by atomic mass is 16.5. The number of nitrogens with one attached hydrogen (secondary N) is 1. The standard InChI is InChI=1S/C24H25NO2/c1-24(2,3)20-10-11-22-19(13-20)14-21(27-22)15-25-23(26)18-9-8-16-6-4-5-7-17(16)12-18/h4-13,21H,14-15H2,1-3H3,(H,25,26). The Morgan fingerprint density at radius 3 is 2.59 bits per heavy atom. The molecule has 1 aliphatic rings. The van der Waals surface area contributed by atoms with Crippen LogP contribution in [0, 0.1) is 0 Å². The van der Waals surface area contributed by atoms with Crippen LogP contribution in [0.5, 0.6) is 5.75 Å². The molecule has 3 aromatic rings. The maximum Gasteiger partial charge on any atom is 0.251 e. The van der Waals surface area contributed by atoms with E-state index in [1.807, 2.05) is 42.5 Å². The SMILES string of the molecule is CC(C)(C)c1ccc2c(c1)CC(CNC(=O)c1ccc3ccccc3c1)O2. The van der Waals surface area contributed by atoms with Crippen LogP contribution < -0.4 is 10.1 Å². The van der Waals surface area contributed by atoms with Crippen LogP contribution >= 0.6 is 0 Å². The van der Waals surface area contributed by atoms with E-state index in [2.05, 4.69) is 44.3 Å². The lowest BCUT2D eigenvalue weighted by Gasteiger charge is -2.19. The van der Waals surface area contributed by atoms with Crippen LogP contribution in [0.1, 0.15) is 42.3 Å². The van der Waals surface area contributed by atoms with Gasteiger partial charge in [-0.15, -0.1) is 0 Å². The molecule has 0 spiro atoms. The minimum atomic E-state index is -0.0595. The normalized spacial score (nSPS) is 16.0. The minimum Gasteiger partial charge on any atom is -0.488 e. The summed E-state index contributed by atoms with van der Waals surface area (Å²) in [7, 11) is 0. The van der Waals surface area contributed by atoms with Crippen LogP contribution in [0.4, 0.5) is 0 Å². The average molecular weight is 359 g/mol. The molecule has 3 aromatic carbocycles. The molecule has 27 heavy (non-hydrogen) atoms. The van der Waals surface area contributed by atoms with E-state index >= 15 is 0 Å². The summed E-state index contributed by atoms with van der Waals surface area (Å²) >= 11 is 0. The largest absolute Gasteiger partial charge is 0.488 e. The first kappa shape index (κ1) is 17.6. The molecule has 1 N–H and O–H groups in total. The van der Waals surface area contributed by atoms with Gasteiger partial charge in [-0.3, -0.25) is 4.79 Å². The van der Waals surface area contributed by atoms with Crippen molar-refractivity contribution in [3.8, 4) is 5.75 Å². The number of hydrogen-bond acceptors (Lipinski definition) is 2. The molecule has 0 saturated heterocycles. The van der Waals surface area contributed by atoms with E-state index in [0.717, 1.165) is 22.9 Å². The van der Waals surface area contributed by atoms with Gasteiger partial charge in [0.05, 0.1) is 6.54 Å². The quantitative estimate of drug-likeness (QED) is 0.724. The van der Waals surface area contributed by atoms with Crippen molar-refractivity contribution in [3.63, 3.8) is 0 Å². The molecule has 1 amide bonds. The monoisotopic (exact) mass is 359 g/mol. The Balaban J connectivity index is 1.40. The number of rotatable bonds is 3. The van der Waals surface area contributed by atoms with Gasteiger partial charge in [0.15, 0.2) is 0 Å². The van der Waals surface area contributed by atoms with E-state index < -0.39 is 0 Å². The number of benzene rings is 3. The zero-order valence-electron chi connectivity index (χ0n) is 16.1. The van der Waals surface area contributed by atoms with E-state index in [-0.39, 0.29) is 17.4 Å². The molecule has 1 unspecified atom stereocenters. The highest BCUT2D eigenvalue weighted by molar-refractivity contribution is 5.98. The zero-order valence-corrected chi connectivity index (χ0v) is 16.1. The van der Waals surface area contributed by atoms with E-state index in [1.54, 1.807) is 0 Å². The van der Waals surface area contributed by atoms with Crippen molar-refractivity contribution in [1.29, 1.82) is 0 Å². The molecular formula is C24H25NO2. The molecule has 0 radical (unpaired) electrons. The second-order valence-electron chi connectivity index (χ2n) is 8.29. The van der Waals surface area contributed by atoms with Gasteiger partial charge >= 0.3 is 0 Å². The van der Waals surface area contributed by atoms with Gasteiger partial charge in [0.25, 0.3) is 5.91 Å². The van der Waals surface area contributed by atoms with Gasteiger partial charge in [-0.25, -0.2) is 0 Å². The summed E-state index contributed by atoms with van der Waals surface area (Å²) in [4.78, 5) is 12.5. The molecule has 4 rings (SSSR count). The molecule has 0 bridgehead atoms. The summed E-state index contributed by atoms with van der Waals surface area (Å²) in [5.74, 6) is 0.878. The van der Waals surface area contributed by atoms with Gasteiger partial charge < -0.3 is 10.1 Å². The summed E-state index contributed by atoms with van der Waals surface area (Å²) in [5.41, 5.74) is 3.34. The molecule has 3 heteroatoms. The molecule has 0 aliphatic carbocycles. The fraction of sp³-hybridized carbons (Fsp3) is 0.292. The third-order valence-electron chi connectivity index (χ3n) is 5.17. The molecule has 1 heterocycles. The Labute approximate surface area is 160 Å². The lowest BCUT2D eigenvalue weighted by atomic mass is 9.86. The third-order valence-corrected chi connectivity index (χ3v) is 5.17. The predicted molar refractivity (Wildman–Crippen MR) is 110 cm³/mol. The Morgan fingerprint density at radius 2 is 1.81 bits per heavy atom. The van der Waals surface area contributed by atoms with Crippen molar-refractivity contribution >= 4 is 16.7 Å². The highest BCUT2D eigenvalue weighted by Gasteiger charge is 2.25. The Kier molecular flexibility index (Phi) is 4.39. The van der Waals surface area contributed by atoms with Crippen LogP contribution in [-0.2, 0) is 11.8 Å². The van der Waals surface area contributed by atoms with Gasteiger partial charge in [-0.2, -0.15) is 0 Å². The lowest BCUT2D eigenvalue weighted by Crippen LogP contribution is -2.34. The Bertz CT molecular complexity index is 1000. The van der Waals surface area contributed by atoms with Gasteiger partial charge in [0, 0.05) is 12.0 Å². The zero-order chi connectivity index (χ0) is 19.0. The highest BCUT2D eigenvalue weighted by Crippen LogP contribution is 2.33. The second kappa shape index (κ2) is 6.73. The molecular weight excluding hydrogens is 334 g/mol. The average Bonchev–Trinajstić information content (AvgIpc) is 3.07. The Morgan fingerprint density at radius 1 is 1.04 bits per heavy atom. The summed E-state index contributed by atoms with van der Waals surface area (Å²) in [6.07, 6.45) is 0.816. The van der Waals surface area contributed by atoms with Crippen LogP contribution in [0.2, 0.25) is 0 Å². The number of carbonyl (C=O) groups is 1. The topological polar surface area (TPSA) is 38.3 Å². The van der Waals surface area contributed by atoms with Gasteiger partial charge in [0.1, 0.15) is 11.9 Å². The van der Waals surface area contributed by atoms with E-state index in [1.165, 1.54) is 11.1 Å². The molecule has 3 nitrogen and oxygen atoms in total. The summed E-state index contributed by atoms with van der Waals surface area (Å²) in [5, 5.41) is 5.23. The maximum absolute atomic E-state index is 12.5. The summed E-state index contributed by atoms with van der Waals surface area (Å²) in [6.45, 7) is 7.15. The van der Waals surface area contributed by atoms with Crippen molar-refractivity contribution in [3.05, 3.63) is 77.4 Å². The van der Waals surface area contributed by atoms with Crippen molar-refractivity contribution in [2.45, 2.75) is 38.7 Å². The lowest BCUT2D eigenvalue weighted by molar-refractivity contribution is 0.0933.